The largest absolute Gasteiger partial charge is 0.396 e. The van der Waals surface area contributed by atoms with Crippen LogP contribution in [0.1, 0.15) is 24.1 Å². The van der Waals surface area contributed by atoms with Crippen molar-refractivity contribution in [3.05, 3.63) is 11.6 Å². The molecule has 0 radical (unpaired) electrons. The van der Waals surface area contributed by atoms with E-state index in [4.69, 9.17) is 5.11 Å². The van der Waals surface area contributed by atoms with Crippen molar-refractivity contribution in [1.82, 2.24) is 29.0 Å². The molecule has 1 N–H and O–H groups in total. The SMILES string of the molecule is Cc1nsc(-c2nnc3n2CCN(C=O)C3CCO)n1. The van der Waals surface area contributed by atoms with Crippen LogP contribution in [0.5, 0.6) is 0 Å². The molecule has 2 aromatic heterocycles. The van der Waals surface area contributed by atoms with Gasteiger partial charge in [0.15, 0.2) is 16.7 Å². The molecule has 1 aliphatic rings. The molecule has 3 heterocycles. The molecule has 9 heteroatoms. The molecule has 1 unspecified atom stereocenters. The third-order valence-electron chi connectivity index (χ3n) is 3.32. The Morgan fingerprint density at radius 1 is 1.45 bits per heavy atom. The topological polar surface area (TPSA) is 97.0 Å². The lowest BCUT2D eigenvalue weighted by atomic mass is 10.1. The van der Waals surface area contributed by atoms with Crippen LogP contribution in [-0.4, -0.2) is 53.7 Å². The molecule has 1 amide bonds. The summed E-state index contributed by atoms with van der Waals surface area (Å²) in [6.45, 7) is 3.02. The molecule has 1 aliphatic heterocycles. The lowest BCUT2D eigenvalue weighted by molar-refractivity contribution is -0.121. The molecule has 0 bridgehead atoms. The van der Waals surface area contributed by atoms with Crippen LogP contribution >= 0.6 is 11.5 Å². The van der Waals surface area contributed by atoms with Crippen LogP contribution in [0.2, 0.25) is 0 Å². The zero-order chi connectivity index (χ0) is 14.1. The zero-order valence-electron chi connectivity index (χ0n) is 10.9. The lowest BCUT2D eigenvalue weighted by Crippen LogP contribution is -2.38. The normalized spacial score (nSPS) is 18.1. The molecule has 3 rings (SSSR count). The van der Waals surface area contributed by atoms with E-state index in [0.717, 1.165) is 11.4 Å². The van der Waals surface area contributed by atoms with Crippen molar-refractivity contribution in [3.8, 4) is 10.8 Å². The summed E-state index contributed by atoms with van der Waals surface area (Å²) in [6, 6.07) is -0.235. The number of aryl methyl sites for hydroxylation is 1. The van der Waals surface area contributed by atoms with E-state index in [1.54, 1.807) is 4.90 Å². The van der Waals surface area contributed by atoms with Gasteiger partial charge in [-0.25, -0.2) is 4.98 Å². The predicted molar refractivity (Wildman–Crippen MR) is 70.9 cm³/mol. The second kappa shape index (κ2) is 5.25. The first-order valence-electron chi connectivity index (χ1n) is 6.30. The average molecular weight is 294 g/mol. The first kappa shape index (κ1) is 13.1. The van der Waals surface area contributed by atoms with Gasteiger partial charge in [-0.15, -0.1) is 10.2 Å². The van der Waals surface area contributed by atoms with Gasteiger partial charge in [-0.2, -0.15) is 4.37 Å². The number of amides is 1. The standard InChI is InChI=1S/C11H14N6O2S/c1-7-12-11(20-15-7)10-14-13-9-8(2-5-18)16(6-19)3-4-17(9)10/h6,8,18H,2-5H2,1H3. The van der Waals surface area contributed by atoms with Crippen molar-refractivity contribution in [2.45, 2.75) is 25.9 Å². The molecule has 20 heavy (non-hydrogen) atoms. The quantitative estimate of drug-likeness (QED) is 0.797. The smallest absolute Gasteiger partial charge is 0.210 e. The van der Waals surface area contributed by atoms with E-state index in [-0.39, 0.29) is 12.6 Å². The first-order valence-corrected chi connectivity index (χ1v) is 7.07. The van der Waals surface area contributed by atoms with Crippen LogP contribution in [0.15, 0.2) is 0 Å². The van der Waals surface area contributed by atoms with E-state index in [1.807, 2.05) is 11.5 Å². The summed E-state index contributed by atoms with van der Waals surface area (Å²) in [4.78, 5) is 17.1. The van der Waals surface area contributed by atoms with E-state index >= 15 is 0 Å². The molecule has 0 saturated carbocycles. The van der Waals surface area contributed by atoms with Crippen LogP contribution in [0.3, 0.4) is 0 Å². The predicted octanol–water partition coefficient (Wildman–Crippen LogP) is 0.000520. The molecule has 8 nitrogen and oxygen atoms in total. The van der Waals surface area contributed by atoms with Crippen LogP contribution in [-0.2, 0) is 11.3 Å². The summed E-state index contributed by atoms with van der Waals surface area (Å²) in [6.07, 6.45) is 1.25. The van der Waals surface area contributed by atoms with Crippen LogP contribution < -0.4 is 0 Å². The number of nitrogens with zero attached hydrogens (tertiary/aromatic N) is 6. The molecule has 1 atom stereocenters. The van der Waals surface area contributed by atoms with Gasteiger partial charge in [0.05, 0.1) is 6.04 Å². The van der Waals surface area contributed by atoms with Crippen LogP contribution in [0, 0.1) is 6.92 Å². The maximum absolute atomic E-state index is 11.1. The number of hydrogen-bond acceptors (Lipinski definition) is 7. The summed E-state index contributed by atoms with van der Waals surface area (Å²) in [5.74, 6) is 2.08. The maximum atomic E-state index is 11.1. The Hall–Kier alpha value is -1.87. The molecule has 0 aromatic carbocycles. The van der Waals surface area contributed by atoms with Crippen molar-refractivity contribution in [1.29, 1.82) is 0 Å². The Kier molecular flexibility index (Phi) is 3.45. The van der Waals surface area contributed by atoms with Crippen molar-refractivity contribution in [3.63, 3.8) is 0 Å². The number of fused-ring (bicyclic) bond motifs is 1. The van der Waals surface area contributed by atoms with Crippen molar-refractivity contribution < 1.29 is 9.90 Å². The average Bonchev–Trinajstić information content (AvgIpc) is 3.05. The zero-order valence-corrected chi connectivity index (χ0v) is 11.7. The summed E-state index contributed by atoms with van der Waals surface area (Å²) in [5.41, 5.74) is 0. The van der Waals surface area contributed by atoms with Gasteiger partial charge in [-0.05, 0) is 24.9 Å². The van der Waals surface area contributed by atoms with Crippen molar-refractivity contribution in [2.75, 3.05) is 13.2 Å². The third-order valence-corrected chi connectivity index (χ3v) is 4.12. The van der Waals surface area contributed by atoms with E-state index < -0.39 is 0 Å². The second-order valence-corrected chi connectivity index (χ2v) is 5.30. The van der Waals surface area contributed by atoms with Crippen LogP contribution in [0.25, 0.3) is 10.8 Å². The van der Waals surface area contributed by atoms with E-state index in [0.29, 0.717) is 37.0 Å². The monoisotopic (exact) mass is 294 g/mol. The minimum absolute atomic E-state index is 0.00485. The van der Waals surface area contributed by atoms with Gasteiger partial charge >= 0.3 is 0 Å². The summed E-state index contributed by atoms with van der Waals surface area (Å²) >= 11 is 1.28. The number of carbonyl (C=O) groups excluding carboxylic acids is 1. The fourth-order valence-electron chi connectivity index (χ4n) is 2.39. The molecule has 0 fully saturated rings. The Labute approximate surface area is 119 Å². The second-order valence-electron chi connectivity index (χ2n) is 4.55. The van der Waals surface area contributed by atoms with Gasteiger partial charge < -0.3 is 14.6 Å². The summed E-state index contributed by atoms with van der Waals surface area (Å²) < 4.78 is 6.11. The lowest BCUT2D eigenvalue weighted by Gasteiger charge is -2.32. The molecular formula is C11H14N6O2S. The van der Waals surface area contributed by atoms with Gasteiger partial charge in [0.25, 0.3) is 0 Å². The van der Waals surface area contributed by atoms with Crippen molar-refractivity contribution in [2.24, 2.45) is 0 Å². The third kappa shape index (κ3) is 2.08. The van der Waals surface area contributed by atoms with Gasteiger partial charge in [0.1, 0.15) is 5.82 Å². The fraction of sp³-hybridized carbons (Fsp3) is 0.545. The Bertz CT molecular complexity index is 624. The summed E-state index contributed by atoms with van der Waals surface area (Å²) in [7, 11) is 0. The van der Waals surface area contributed by atoms with Crippen LogP contribution in [0.4, 0.5) is 0 Å². The number of aliphatic hydroxyl groups excluding tert-OH is 1. The minimum Gasteiger partial charge on any atom is -0.396 e. The number of aromatic nitrogens is 5. The Morgan fingerprint density at radius 3 is 2.95 bits per heavy atom. The Morgan fingerprint density at radius 2 is 2.30 bits per heavy atom. The summed E-state index contributed by atoms with van der Waals surface area (Å²) in [5, 5.41) is 18.2. The van der Waals surface area contributed by atoms with Gasteiger partial charge in [0.2, 0.25) is 6.41 Å². The highest BCUT2D eigenvalue weighted by Gasteiger charge is 2.31. The highest BCUT2D eigenvalue weighted by molar-refractivity contribution is 7.09. The molecule has 0 spiro atoms. The number of carbonyl (C=O) groups is 1. The molecule has 0 saturated heterocycles. The van der Waals surface area contributed by atoms with Gasteiger partial charge in [-0.1, -0.05) is 0 Å². The van der Waals surface area contributed by atoms with Gasteiger partial charge in [-0.3, -0.25) is 4.79 Å². The van der Waals surface area contributed by atoms with E-state index in [2.05, 4.69) is 19.6 Å². The van der Waals surface area contributed by atoms with Crippen molar-refractivity contribution >= 4 is 17.9 Å². The van der Waals surface area contributed by atoms with Gasteiger partial charge in [0, 0.05) is 19.7 Å². The molecule has 106 valence electrons. The number of hydrogen-bond donors (Lipinski definition) is 1. The number of aliphatic hydroxyl groups is 1. The Balaban J connectivity index is 2.01. The minimum atomic E-state index is -0.235. The highest BCUT2D eigenvalue weighted by Crippen LogP contribution is 2.30. The van der Waals surface area contributed by atoms with E-state index in [1.165, 1.54) is 11.5 Å². The van der Waals surface area contributed by atoms with E-state index in [9.17, 15) is 4.79 Å². The molecule has 0 aliphatic carbocycles. The number of rotatable bonds is 4. The molecule has 2 aromatic rings. The first-order chi connectivity index (χ1) is 9.74. The fourth-order valence-corrected chi connectivity index (χ4v) is 3.06. The maximum Gasteiger partial charge on any atom is 0.210 e. The molecular weight excluding hydrogens is 280 g/mol. The highest BCUT2D eigenvalue weighted by atomic mass is 32.1.